The summed E-state index contributed by atoms with van der Waals surface area (Å²) in [5.41, 5.74) is 2.41. The number of nitrogens with one attached hydrogen (secondary N) is 1. The first kappa shape index (κ1) is 28.6. The number of nitrogens with zero attached hydrogens (tertiary/aromatic N) is 2. The fourth-order valence-corrected chi connectivity index (χ4v) is 5.34. The molecule has 10 heteroatoms. The second kappa shape index (κ2) is 12.1. The minimum atomic E-state index is -4.22. The summed E-state index contributed by atoms with van der Waals surface area (Å²) in [4.78, 5) is 27.6. The number of amides is 2. The van der Waals surface area contributed by atoms with Crippen LogP contribution in [0.4, 0.5) is 10.1 Å². The number of anilines is 1. The Morgan fingerprint density at radius 2 is 1.58 bits per heavy atom. The van der Waals surface area contributed by atoms with Crippen molar-refractivity contribution < 1.29 is 27.1 Å². The van der Waals surface area contributed by atoms with E-state index in [1.165, 1.54) is 55.5 Å². The number of rotatable bonds is 10. The molecule has 3 aromatic carbocycles. The normalized spacial score (nSPS) is 11.9. The summed E-state index contributed by atoms with van der Waals surface area (Å²) < 4.78 is 47.8. The van der Waals surface area contributed by atoms with E-state index in [-0.39, 0.29) is 22.9 Å². The van der Waals surface area contributed by atoms with E-state index >= 15 is 0 Å². The molecule has 8 nitrogen and oxygen atoms in total. The SMILES string of the molecule is CNC(=O)[C@H](C)N(Cc1ccc(F)cc1)C(=O)CN(c1cc(C)ccc1OC)S(=O)(=O)c1ccc(C)cc1. The zero-order valence-electron chi connectivity index (χ0n) is 22.1. The third-order valence-corrected chi connectivity index (χ3v) is 7.94. The minimum Gasteiger partial charge on any atom is -0.495 e. The van der Waals surface area contributed by atoms with Gasteiger partial charge in [-0.3, -0.25) is 13.9 Å². The van der Waals surface area contributed by atoms with Crippen molar-refractivity contribution in [2.45, 2.75) is 38.3 Å². The quantitative estimate of drug-likeness (QED) is 0.421. The molecule has 0 fully saturated rings. The molecule has 202 valence electrons. The van der Waals surface area contributed by atoms with Crippen molar-refractivity contribution >= 4 is 27.5 Å². The van der Waals surface area contributed by atoms with Gasteiger partial charge in [-0.2, -0.15) is 0 Å². The molecular formula is C28H32FN3O5S. The van der Waals surface area contributed by atoms with Gasteiger partial charge in [0, 0.05) is 13.6 Å². The summed E-state index contributed by atoms with van der Waals surface area (Å²) in [6.07, 6.45) is 0. The van der Waals surface area contributed by atoms with Crippen LogP contribution in [0, 0.1) is 19.7 Å². The zero-order chi connectivity index (χ0) is 28.0. The number of carbonyl (C=O) groups excluding carboxylic acids is 2. The van der Waals surface area contributed by atoms with Crippen molar-refractivity contribution in [2.75, 3.05) is 25.0 Å². The number of aryl methyl sites for hydroxylation is 2. The van der Waals surface area contributed by atoms with Crippen LogP contribution in [-0.4, -0.2) is 51.9 Å². The van der Waals surface area contributed by atoms with Gasteiger partial charge in [0.1, 0.15) is 24.2 Å². The topological polar surface area (TPSA) is 96.0 Å². The molecule has 0 radical (unpaired) electrons. The lowest BCUT2D eigenvalue weighted by Gasteiger charge is -2.32. The molecule has 0 aromatic heterocycles. The van der Waals surface area contributed by atoms with Gasteiger partial charge in [-0.25, -0.2) is 12.8 Å². The molecule has 0 aliphatic carbocycles. The first-order valence-electron chi connectivity index (χ1n) is 12.0. The van der Waals surface area contributed by atoms with Crippen molar-refractivity contribution in [2.24, 2.45) is 0 Å². The Bertz CT molecular complexity index is 1390. The molecule has 38 heavy (non-hydrogen) atoms. The molecule has 1 N–H and O–H groups in total. The van der Waals surface area contributed by atoms with Gasteiger partial charge in [0.2, 0.25) is 11.8 Å². The number of hydrogen-bond donors (Lipinski definition) is 1. The van der Waals surface area contributed by atoms with Gasteiger partial charge in [-0.05, 0) is 68.3 Å². The second-order valence-corrected chi connectivity index (χ2v) is 10.8. The maximum atomic E-state index is 13.9. The number of methoxy groups -OCH3 is 1. The summed E-state index contributed by atoms with van der Waals surface area (Å²) in [5.74, 6) is -1.22. The highest BCUT2D eigenvalue weighted by Gasteiger charge is 2.33. The number of benzene rings is 3. The van der Waals surface area contributed by atoms with E-state index in [1.54, 1.807) is 44.2 Å². The lowest BCUT2D eigenvalue weighted by Crippen LogP contribution is -2.50. The number of ether oxygens (including phenoxy) is 1. The number of halogens is 1. The molecule has 0 spiro atoms. The van der Waals surface area contributed by atoms with Crippen LogP contribution in [0.1, 0.15) is 23.6 Å². The molecule has 0 bridgehead atoms. The number of hydrogen-bond acceptors (Lipinski definition) is 5. The van der Waals surface area contributed by atoms with E-state index in [0.29, 0.717) is 5.56 Å². The molecule has 3 aromatic rings. The summed E-state index contributed by atoms with van der Waals surface area (Å²) in [6, 6.07) is 16.0. The molecular weight excluding hydrogens is 509 g/mol. The van der Waals surface area contributed by atoms with Crippen molar-refractivity contribution in [1.29, 1.82) is 0 Å². The van der Waals surface area contributed by atoms with Crippen molar-refractivity contribution in [3.05, 3.63) is 89.2 Å². The average Bonchev–Trinajstić information content (AvgIpc) is 2.90. The van der Waals surface area contributed by atoms with Gasteiger partial charge >= 0.3 is 0 Å². The Kier molecular flexibility index (Phi) is 9.11. The van der Waals surface area contributed by atoms with Crippen molar-refractivity contribution in [3.63, 3.8) is 0 Å². The monoisotopic (exact) mass is 541 g/mol. The van der Waals surface area contributed by atoms with E-state index in [2.05, 4.69) is 5.32 Å². The molecule has 2 amide bonds. The molecule has 0 unspecified atom stereocenters. The third kappa shape index (κ3) is 6.49. The summed E-state index contributed by atoms with van der Waals surface area (Å²) in [6.45, 7) is 4.56. The van der Waals surface area contributed by atoms with Gasteiger partial charge in [-0.15, -0.1) is 0 Å². The maximum Gasteiger partial charge on any atom is 0.264 e. The minimum absolute atomic E-state index is 0.00361. The number of carbonyl (C=O) groups is 2. The molecule has 0 aliphatic heterocycles. The van der Waals surface area contributed by atoms with Crippen LogP contribution in [0.2, 0.25) is 0 Å². The predicted octanol–water partition coefficient (Wildman–Crippen LogP) is 3.81. The molecule has 0 saturated heterocycles. The maximum absolute atomic E-state index is 13.9. The molecule has 1 atom stereocenters. The standard InChI is InChI=1S/C28H32FN3O5S/c1-19-6-13-24(14-7-19)38(35,36)32(25-16-20(2)8-15-26(25)37-5)18-27(33)31(21(3)28(34)30-4)17-22-9-11-23(29)12-10-22/h6-16,21H,17-18H2,1-5H3,(H,30,34)/t21-/m0/s1. The van der Waals surface area contributed by atoms with Crippen molar-refractivity contribution in [3.8, 4) is 5.75 Å². The Labute approximate surface area is 223 Å². The fourth-order valence-electron chi connectivity index (χ4n) is 3.92. The smallest absolute Gasteiger partial charge is 0.264 e. The molecule has 0 heterocycles. The Morgan fingerprint density at radius 1 is 0.974 bits per heavy atom. The first-order chi connectivity index (χ1) is 18.0. The highest BCUT2D eigenvalue weighted by atomic mass is 32.2. The van der Waals surface area contributed by atoms with Crippen LogP contribution in [0.5, 0.6) is 5.75 Å². The van der Waals surface area contributed by atoms with E-state index in [0.717, 1.165) is 15.4 Å². The van der Waals surface area contributed by atoms with Gasteiger partial charge < -0.3 is 15.0 Å². The Balaban J connectivity index is 2.10. The first-order valence-corrected chi connectivity index (χ1v) is 13.4. The van der Waals surface area contributed by atoms with E-state index in [4.69, 9.17) is 4.74 Å². The van der Waals surface area contributed by atoms with E-state index < -0.39 is 40.2 Å². The van der Waals surface area contributed by atoms with Crippen LogP contribution in [0.15, 0.2) is 71.6 Å². The van der Waals surface area contributed by atoms with Crippen LogP contribution in [0.3, 0.4) is 0 Å². The van der Waals surface area contributed by atoms with Gasteiger partial charge in [-0.1, -0.05) is 35.9 Å². The molecule has 0 aliphatic rings. The summed E-state index contributed by atoms with van der Waals surface area (Å²) in [5, 5.41) is 2.52. The molecule has 0 saturated carbocycles. The third-order valence-electron chi connectivity index (χ3n) is 6.17. The van der Waals surface area contributed by atoms with Crippen LogP contribution >= 0.6 is 0 Å². The van der Waals surface area contributed by atoms with Crippen LogP contribution < -0.4 is 14.4 Å². The van der Waals surface area contributed by atoms with E-state index in [9.17, 15) is 22.4 Å². The van der Waals surface area contributed by atoms with Gasteiger partial charge in [0.25, 0.3) is 10.0 Å². The highest BCUT2D eigenvalue weighted by Crippen LogP contribution is 2.33. The molecule has 3 rings (SSSR count). The average molecular weight is 542 g/mol. The van der Waals surface area contributed by atoms with Crippen molar-refractivity contribution in [1.82, 2.24) is 10.2 Å². The highest BCUT2D eigenvalue weighted by molar-refractivity contribution is 7.92. The van der Waals surface area contributed by atoms with Gasteiger partial charge in [0.15, 0.2) is 0 Å². The predicted molar refractivity (Wildman–Crippen MR) is 144 cm³/mol. The lowest BCUT2D eigenvalue weighted by atomic mass is 10.1. The summed E-state index contributed by atoms with van der Waals surface area (Å²) in [7, 11) is -1.36. The Hall–Kier alpha value is -3.92. The van der Waals surface area contributed by atoms with Crippen LogP contribution in [0.25, 0.3) is 0 Å². The number of likely N-dealkylation sites (N-methyl/N-ethyl adjacent to an activating group) is 1. The number of sulfonamides is 1. The largest absolute Gasteiger partial charge is 0.495 e. The summed E-state index contributed by atoms with van der Waals surface area (Å²) >= 11 is 0. The zero-order valence-corrected chi connectivity index (χ0v) is 22.9. The van der Waals surface area contributed by atoms with E-state index in [1.807, 2.05) is 6.92 Å². The second-order valence-electron chi connectivity index (χ2n) is 8.94. The Morgan fingerprint density at radius 3 is 2.16 bits per heavy atom. The lowest BCUT2D eigenvalue weighted by molar-refractivity contribution is -0.139. The van der Waals surface area contributed by atoms with Gasteiger partial charge in [0.05, 0.1) is 17.7 Å². The fraction of sp³-hybridized carbons (Fsp3) is 0.286. The van der Waals surface area contributed by atoms with Crippen LogP contribution in [-0.2, 0) is 26.2 Å².